The topological polar surface area (TPSA) is 59.0 Å². The molecule has 1 aromatic rings. The third-order valence-electron chi connectivity index (χ3n) is 2.98. The number of benzene rings is 1. The molecule has 19 heavy (non-hydrogen) atoms. The molecule has 0 unspecified atom stereocenters. The zero-order chi connectivity index (χ0) is 14.3. The van der Waals surface area contributed by atoms with Crippen LogP contribution >= 0.6 is 0 Å². The summed E-state index contributed by atoms with van der Waals surface area (Å²) in [5.41, 5.74) is 1.15. The zero-order valence-corrected chi connectivity index (χ0v) is 11.7. The first kappa shape index (κ1) is 15.5. The standard InChI is InChI=1S/C14H21NO4/c1-4-15(7-8-18-2)10-12-9-11(14(16)17)5-6-13(12)19-3/h5-6,9H,4,7-8,10H2,1-3H3,(H,16,17). The van der Waals surface area contributed by atoms with Gasteiger partial charge in [0.15, 0.2) is 0 Å². The van der Waals surface area contributed by atoms with E-state index in [1.807, 2.05) is 0 Å². The van der Waals surface area contributed by atoms with E-state index in [0.717, 1.165) is 18.7 Å². The summed E-state index contributed by atoms with van der Waals surface area (Å²) < 4.78 is 10.3. The van der Waals surface area contributed by atoms with Gasteiger partial charge < -0.3 is 14.6 Å². The fourth-order valence-corrected chi connectivity index (χ4v) is 1.85. The van der Waals surface area contributed by atoms with Crippen molar-refractivity contribution >= 4 is 5.97 Å². The van der Waals surface area contributed by atoms with E-state index in [0.29, 0.717) is 18.9 Å². The maximum absolute atomic E-state index is 11.0. The number of likely N-dealkylation sites (N-methyl/N-ethyl adjacent to an activating group) is 1. The SMILES string of the molecule is CCN(CCOC)Cc1cc(C(=O)O)ccc1OC. The average Bonchev–Trinajstić information content (AvgIpc) is 2.43. The number of nitrogens with zero attached hydrogens (tertiary/aromatic N) is 1. The van der Waals surface area contributed by atoms with Crippen molar-refractivity contribution in [3.63, 3.8) is 0 Å². The van der Waals surface area contributed by atoms with Gasteiger partial charge >= 0.3 is 5.97 Å². The summed E-state index contributed by atoms with van der Waals surface area (Å²) in [6.45, 7) is 5.01. The first-order valence-corrected chi connectivity index (χ1v) is 6.23. The molecular weight excluding hydrogens is 246 g/mol. The molecule has 0 aliphatic heterocycles. The Bertz CT molecular complexity index is 420. The van der Waals surface area contributed by atoms with Crippen LogP contribution in [0.2, 0.25) is 0 Å². The molecule has 1 N–H and O–H groups in total. The van der Waals surface area contributed by atoms with Crippen LogP contribution in [0.15, 0.2) is 18.2 Å². The third-order valence-corrected chi connectivity index (χ3v) is 2.98. The molecule has 0 fully saturated rings. The molecule has 106 valence electrons. The second kappa shape index (κ2) is 7.76. The minimum absolute atomic E-state index is 0.276. The van der Waals surface area contributed by atoms with E-state index < -0.39 is 5.97 Å². The highest BCUT2D eigenvalue weighted by Crippen LogP contribution is 2.21. The van der Waals surface area contributed by atoms with Gasteiger partial charge in [-0.2, -0.15) is 0 Å². The highest BCUT2D eigenvalue weighted by Gasteiger charge is 2.12. The molecular formula is C14H21NO4. The summed E-state index contributed by atoms with van der Waals surface area (Å²) in [6, 6.07) is 4.91. The molecule has 0 aliphatic rings. The van der Waals surface area contributed by atoms with Crippen molar-refractivity contribution in [1.82, 2.24) is 4.90 Å². The van der Waals surface area contributed by atoms with Gasteiger partial charge in [-0.25, -0.2) is 4.79 Å². The minimum atomic E-state index is -0.927. The fourth-order valence-electron chi connectivity index (χ4n) is 1.85. The van der Waals surface area contributed by atoms with Crippen LogP contribution in [0.3, 0.4) is 0 Å². The lowest BCUT2D eigenvalue weighted by molar-refractivity contribution is 0.0696. The van der Waals surface area contributed by atoms with Crippen LogP contribution in [-0.2, 0) is 11.3 Å². The number of hydrogen-bond acceptors (Lipinski definition) is 4. The van der Waals surface area contributed by atoms with Crippen molar-refractivity contribution < 1.29 is 19.4 Å². The Morgan fingerprint density at radius 3 is 2.63 bits per heavy atom. The molecule has 5 nitrogen and oxygen atoms in total. The summed E-state index contributed by atoms with van der Waals surface area (Å²) in [7, 11) is 3.25. The molecule has 0 saturated carbocycles. The van der Waals surface area contributed by atoms with E-state index in [-0.39, 0.29) is 5.56 Å². The van der Waals surface area contributed by atoms with E-state index in [1.165, 1.54) is 0 Å². The number of ether oxygens (including phenoxy) is 2. The Morgan fingerprint density at radius 2 is 2.11 bits per heavy atom. The highest BCUT2D eigenvalue weighted by atomic mass is 16.5. The summed E-state index contributed by atoms with van der Waals surface area (Å²) in [4.78, 5) is 13.2. The summed E-state index contributed by atoms with van der Waals surface area (Å²) in [6.07, 6.45) is 0. The molecule has 0 aliphatic carbocycles. The molecule has 0 spiro atoms. The van der Waals surface area contributed by atoms with Crippen molar-refractivity contribution in [2.75, 3.05) is 33.9 Å². The van der Waals surface area contributed by atoms with Gasteiger partial charge in [0.1, 0.15) is 5.75 Å². The number of methoxy groups -OCH3 is 2. The van der Waals surface area contributed by atoms with E-state index in [4.69, 9.17) is 14.6 Å². The summed E-state index contributed by atoms with van der Waals surface area (Å²) in [5, 5.41) is 9.03. The number of hydrogen-bond donors (Lipinski definition) is 1. The van der Waals surface area contributed by atoms with Crippen LogP contribution in [0, 0.1) is 0 Å². The normalized spacial score (nSPS) is 10.7. The van der Waals surface area contributed by atoms with E-state index >= 15 is 0 Å². The van der Waals surface area contributed by atoms with Gasteiger partial charge in [-0.1, -0.05) is 6.92 Å². The van der Waals surface area contributed by atoms with Gasteiger partial charge in [0.25, 0.3) is 0 Å². The summed E-state index contributed by atoms with van der Waals surface area (Å²) in [5.74, 6) is -0.218. The number of carbonyl (C=O) groups is 1. The van der Waals surface area contributed by atoms with Gasteiger partial charge in [-0.15, -0.1) is 0 Å². The zero-order valence-electron chi connectivity index (χ0n) is 11.7. The van der Waals surface area contributed by atoms with Gasteiger partial charge in [0.05, 0.1) is 19.3 Å². The van der Waals surface area contributed by atoms with Crippen molar-refractivity contribution in [3.05, 3.63) is 29.3 Å². The smallest absolute Gasteiger partial charge is 0.335 e. The van der Waals surface area contributed by atoms with Crippen LogP contribution in [-0.4, -0.2) is 49.9 Å². The Labute approximate surface area is 113 Å². The first-order chi connectivity index (χ1) is 9.12. The lowest BCUT2D eigenvalue weighted by Crippen LogP contribution is -2.27. The molecule has 0 amide bonds. The van der Waals surface area contributed by atoms with Crippen LogP contribution in [0.25, 0.3) is 0 Å². The number of aromatic carboxylic acids is 1. The van der Waals surface area contributed by atoms with Crippen molar-refractivity contribution in [1.29, 1.82) is 0 Å². The van der Waals surface area contributed by atoms with Crippen LogP contribution in [0.4, 0.5) is 0 Å². The monoisotopic (exact) mass is 267 g/mol. The minimum Gasteiger partial charge on any atom is -0.496 e. The van der Waals surface area contributed by atoms with Gasteiger partial charge in [-0.3, -0.25) is 4.90 Å². The lowest BCUT2D eigenvalue weighted by Gasteiger charge is -2.21. The van der Waals surface area contributed by atoms with Crippen molar-refractivity contribution in [3.8, 4) is 5.75 Å². The molecule has 0 radical (unpaired) electrons. The summed E-state index contributed by atoms with van der Waals surface area (Å²) >= 11 is 0. The Kier molecular flexibility index (Phi) is 6.32. The maximum atomic E-state index is 11.0. The Hall–Kier alpha value is -1.59. The maximum Gasteiger partial charge on any atom is 0.335 e. The predicted octanol–water partition coefficient (Wildman–Crippen LogP) is 1.86. The van der Waals surface area contributed by atoms with Crippen molar-refractivity contribution in [2.45, 2.75) is 13.5 Å². The van der Waals surface area contributed by atoms with Crippen LogP contribution in [0.5, 0.6) is 5.75 Å². The van der Waals surface area contributed by atoms with Gasteiger partial charge in [0.2, 0.25) is 0 Å². The lowest BCUT2D eigenvalue weighted by atomic mass is 10.1. The Balaban J connectivity index is 2.89. The highest BCUT2D eigenvalue weighted by molar-refractivity contribution is 5.88. The van der Waals surface area contributed by atoms with E-state index in [9.17, 15) is 4.79 Å². The molecule has 0 heterocycles. The number of carboxylic acids is 1. The molecule has 1 aromatic carbocycles. The average molecular weight is 267 g/mol. The van der Waals surface area contributed by atoms with E-state index in [2.05, 4.69) is 11.8 Å². The van der Waals surface area contributed by atoms with Crippen LogP contribution in [0.1, 0.15) is 22.8 Å². The molecule has 1 rings (SSSR count). The second-order valence-electron chi connectivity index (χ2n) is 4.19. The number of rotatable bonds is 8. The quantitative estimate of drug-likeness (QED) is 0.779. The molecule has 0 bridgehead atoms. The Morgan fingerprint density at radius 1 is 1.37 bits per heavy atom. The van der Waals surface area contributed by atoms with Crippen molar-refractivity contribution in [2.24, 2.45) is 0 Å². The third kappa shape index (κ3) is 4.54. The van der Waals surface area contributed by atoms with Gasteiger partial charge in [-0.05, 0) is 24.7 Å². The predicted molar refractivity (Wildman–Crippen MR) is 72.8 cm³/mol. The van der Waals surface area contributed by atoms with Crippen LogP contribution < -0.4 is 4.74 Å². The molecule has 0 aromatic heterocycles. The fraction of sp³-hybridized carbons (Fsp3) is 0.500. The second-order valence-corrected chi connectivity index (χ2v) is 4.19. The van der Waals surface area contributed by atoms with E-state index in [1.54, 1.807) is 32.4 Å². The molecule has 0 atom stereocenters. The van der Waals surface area contributed by atoms with Gasteiger partial charge in [0, 0.05) is 25.8 Å². The number of carboxylic acid groups (broad SMARTS) is 1. The molecule has 5 heteroatoms. The first-order valence-electron chi connectivity index (χ1n) is 6.23. The molecule has 0 saturated heterocycles. The largest absolute Gasteiger partial charge is 0.496 e.